The van der Waals surface area contributed by atoms with Crippen molar-refractivity contribution < 1.29 is 23.9 Å². The van der Waals surface area contributed by atoms with E-state index >= 15 is 0 Å². The first-order valence-corrected chi connectivity index (χ1v) is 10.6. The van der Waals surface area contributed by atoms with Crippen LogP contribution in [0.1, 0.15) is 22.3 Å². The lowest BCUT2D eigenvalue weighted by atomic mass is 9.85. The predicted molar refractivity (Wildman–Crippen MR) is 117 cm³/mol. The first kappa shape index (κ1) is 20.2. The third kappa shape index (κ3) is 3.39. The standard InChI is InChI=1S/C25H22N2O5/c1-14-5-9-18(10-6-14)26-20(28)13-32-25(31)17-3-2-4-19(12-17)27-23(29)21-15-7-8-16(11-15)22(21)24(27)30/h2-10,12,15-16,21-22H,11,13H2,1H3,(H,26,28)/t15-,16-,21-,22+/m0/s1. The summed E-state index contributed by atoms with van der Waals surface area (Å²) >= 11 is 0. The first-order valence-electron chi connectivity index (χ1n) is 10.6. The monoisotopic (exact) mass is 430 g/mol. The second-order valence-electron chi connectivity index (χ2n) is 8.55. The maximum absolute atomic E-state index is 13.0. The molecule has 5 rings (SSSR count). The van der Waals surface area contributed by atoms with Gasteiger partial charge in [-0.3, -0.25) is 14.4 Å². The van der Waals surface area contributed by atoms with Gasteiger partial charge in [-0.1, -0.05) is 35.9 Å². The number of aryl methyl sites for hydroxylation is 1. The van der Waals surface area contributed by atoms with Crippen LogP contribution in [0.25, 0.3) is 0 Å². The molecule has 1 N–H and O–H groups in total. The highest BCUT2D eigenvalue weighted by Crippen LogP contribution is 2.53. The fourth-order valence-electron chi connectivity index (χ4n) is 4.98. The lowest BCUT2D eigenvalue weighted by Crippen LogP contribution is -2.33. The highest BCUT2D eigenvalue weighted by Gasteiger charge is 2.59. The Balaban J connectivity index is 1.25. The maximum Gasteiger partial charge on any atom is 0.338 e. The van der Waals surface area contributed by atoms with Crippen LogP contribution < -0.4 is 10.2 Å². The Morgan fingerprint density at radius 3 is 2.31 bits per heavy atom. The fourth-order valence-corrected chi connectivity index (χ4v) is 4.98. The number of imide groups is 1. The lowest BCUT2D eigenvalue weighted by molar-refractivity contribution is -0.123. The molecule has 4 atom stereocenters. The van der Waals surface area contributed by atoms with Crippen LogP contribution in [0, 0.1) is 30.6 Å². The molecule has 0 radical (unpaired) electrons. The highest BCUT2D eigenvalue weighted by atomic mass is 16.5. The van der Waals surface area contributed by atoms with E-state index in [0.717, 1.165) is 12.0 Å². The van der Waals surface area contributed by atoms with Gasteiger partial charge >= 0.3 is 5.97 Å². The van der Waals surface area contributed by atoms with E-state index < -0.39 is 18.5 Å². The van der Waals surface area contributed by atoms with Gasteiger partial charge in [-0.15, -0.1) is 0 Å². The Labute approximate surface area is 185 Å². The van der Waals surface area contributed by atoms with Gasteiger partial charge in [-0.05, 0) is 55.5 Å². The molecule has 0 aromatic heterocycles. The summed E-state index contributed by atoms with van der Waals surface area (Å²) in [6.07, 6.45) is 4.93. The molecule has 3 aliphatic rings. The molecular weight excluding hydrogens is 408 g/mol. The summed E-state index contributed by atoms with van der Waals surface area (Å²) in [5, 5.41) is 2.66. The smallest absolute Gasteiger partial charge is 0.338 e. The number of allylic oxidation sites excluding steroid dienone is 2. The summed E-state index contributed by atoms with van der Waals surface area (Å²) in [6.45, 7) is 1.50. The molecule has 7 heteroatoms. The molecule has 3 amide bonds. The predicted octanol–water partition coefficient (Wildman–Crippen LogP) is 3.10. The maximum atomic E-state index is 13.0. The molecular formula is C25H22N2O5. The van der Waals surface area contributed by atoms with E-state index in [1.54, 1.807) is 24.3 Å². The highest BCUT2D eigenvalue weighted by molar-refractivity contribution is 6.23. The Morgan fingerprint density at radius 1 is 1.00 bits per heavy atom. The normalized spacial score (nSPS) is 25.2. The number of amides is 3. The molecule has 2 aromatic rings. The SMILES string of the molecule is Cc1ccc(NC(=O)COC(=O)c2cccc(N3C(=O)[C@@H]4[C@H](C3=O)[C@H]3C=C[C@H]4C3)c2)cc1. The van der Waals surface area contributed by atoms with E-state index in [9.17, 15) is 19.2 Å². The molecule has 2 bridgehead atoms. The molecule has 2 aliphatic carbocycles. The van der Waals surface area contributed by atoms with Crippen LogP contribution in [-0.2, 0) is 19.1 Å². The number of anilines is 2. The third-order valence-corrected chi connectivity index (χ3v) is 6.48. The summed E-state index contributed by atoms with van der Waals surface area (Å²) in [4.78, 5) is 51.7. The van der Waals surface area contributed by atoms with E-state index in [1.807, 2.05) is 31.2 Å². The van der Waals surface area contributed by atoms with Crippen molar-refractivity contribution in [3.63, 3.8) is 0 Å². The van der Waals surface area contributed by atoms with Gasteiger partial charge in [0.05, 0.1) is 23.1 Å². The van der Waals surface area contributed by atoms with Gasteiger partial charge in [0, 0.05) is 5.69 Å². The van der Waals surface area contributed by atoms with Gasteiger partial charge in [-0.25, -0.2) is 9.69 Å². The number of carbonyl (C=O) groups is 4. The van der Waals surface area contributed by atoms with Gasteiger partial charge < -0.3 is 10.1 Å². The molecule has 2 fully saturated rings. The number of esters is 1. The molecule has 1 aliphatic heterocycles. The summed E-state index contributed by atoms with van der Waals surface area (Å²) in [6, 6.07) is 13.5. The summed E-state index contributed by atoms with van der Waals surface area (Å²) in [5.74, 6) is -1.96. The van der Waals surface area contributed by atoms with Crippen molar-refractivity contribution in [1.82, 2.24) is 0 Å². The third-order valence-electron chi connectivity index (χ3n) is 6.48. The Kier molecular flexibility index (Phi) is 4.89. The number of ether oxygens (including phenoxy) is 1. The largest absolute Gasteiger partial charge is 0.452 e. The van der Waals surface area contributed by atoms with Crippen LogP contribution in [0.3, 0.4) is 0 Å². The van der Waals surface area contributed by atoms with Gasteiger partial charge in [-0.2, -0.15) is 0 Å². The fraction of sp³-hybridized carbons (Fsp3) is 0.280. The number of fused-ring (bicyclic) bond motifs is 5. The average molecular weight is 430 g/mol. The zero-order valence-corrected chi connectivity index (χ0v) is 17.5. The van der Waals surface area contributed by atoms with Gasteiger partial charge in [0.2, 0.25) is 11.8 Å². The van der Waals surface area contributed by atoms with Crippen molar-refractivity contribution >= 4 is 35.1 Å². The van der Waals surface area contributed by atoms with E-state index in [4.69, 9.17) is 4.74 Å². The number of hydrogen-bond acceptors (Lipinski definition) is 5. The van der Waals surface area contributed by atoms with E-state index in [1.165, 1.54) is 17.0 Å². The van der Waals surface area contributed by atoms with Crippen LogP contribution in [0.15, 0.2) is 60.7 Å². The summed E-state index contributed by atoms with van der Waals surface area (Å²) in [7, 11) is 0. The van der Waals surface area contributed by atoms with Crippen molar-refractivity contribution in [2.75, 3.05) is 16.8 Å². The van der Waals surface area contributed by atoms with Crippen LogP contribution >= 0.6 is 0 Å². The molecule has 1 saturated heterocycles. The molecule has 162 valence electrons. The minimum atomic E-state index is -0.702. The van der Waals surface area contributed by atoms with Crippen molar-refractivity contribution in [2.45, 2.75) is 13.3 Å². The second-order valence-corrected chi connectivity index (χ2v) is 8.55. The second kappa shape index (κ2) is 7.75. The quantitative estimate of drug-likeness (QED) is 0.447. The van der Waals surface area contributed by atoms with E-state index in [2.05, 4.69) is 5.32 Å². The van der Waals surface area contributed by atoms with Crippen molar-refractivity contribution in [3.05, 3.63) is 71.8 Å². The Morgan fingerprint density at radius 2 is 1.66 bits per heavy atom. The number of nitrogens with zero attached hydrogens (tertiary/aromatic N) is 1. The zero-order valence-electron chi connectivity index (χ0n) is 17.5. The van der Waals surface area contributed by atoms with Gasteiger partial charge in [0.15, 0.2) is 6.61 Å². The van der Waals surface area contributed by atoms with Crippen molar-refractivity contribution in [3.8, 4) is 0 Å². The van der Waals surface area contributed by atoms with Gasteiger partial charge in [0.1, 0.15) is 0 Å². The van der Waals surface area contributed by atoms with Gasteiger partial charge in [0.25, 0.3) is 5.91 Å². The van der Waals surface area contributed by atoms with Crippen molar-refractivity contribution in [2.24, 2.45) is 23.7 Å². The molecule has 32 heavy (non-hydrogen) atoms. The molecule has 1 heterocycles. The molecule has 0 spiro atoms. The van der Waals surface area contributed by atoms with Crippen LogP contribution in [0.5, 0.6) is 0 Å². The Hall–Kier alpha value is -3.74. The number of hydrogen-bond donors (Lipinski definition) is 1. The molecule has 1 saturated carbocycles. The first-order chi connectivity index (χ1) is 15.4. The zero-order chi connectivity index (χ0) is 22.4. The minimum Gasteiger partial charge on any atom is -0.452 e. The van der Waals surface area contributed by atoms with E-state index in [-0.39, 0.29) is 41.0 Å². The van der Waals surface area contributed by atoms with Crippen molar-refractivity contribution in [1.29, 1.82) is 0 Å². The van der Waals surface area contributed by atoms with Crippen LogP contribution in [0.4, 0.5) is 11.4 Å². The minimum absolute atomic E-state index is 0.117. The molecule has 7 nitrogen and oxygen atoms in total. The van der Waals surface area contributed by atoms with E-state index in [0.29, 0.717) is 11.4 Å². The summed E-state index contributed by atoms with van der Waals surface area (Å²) in [5.41, 5.74) is 2.20. The molecule has 2 aromatic carbocycles. The summed E-state index contributed by atoms with van der Waals surface area (Å²) < 4.78 is 5.13. The lowest BCUT2D eigenvalue weighted by Gasteiger charge is -2.18. The Bertz CT molecular complexity index is 1120. The van der Waals surface area contributed by atoms with Crippen LogP contribution in [-0.4, -0.2) is 30.3 Å². The molecule has 0 unspecified atom stereocenters. The number of rotatable bonds is 5. The number of nitrogens with one attached hydrogen (secondary N) is 1. The number of carbonyl (C=O) groups excluding carboxylic acids is 4. The average Bonchev–Trinajstić information content (AvgIpc) is 3.47. The number of benzene rings is 2. The topological polar surface area (TPSA) is 92.8 Å². The van der Waals surface area contributed by atoms with Crippen LogP contribution in [0.2, 0.25) is 0 Å².